The number of carbonyl (C=O) groups is 1. The van der Waals surface area contributed by atoms with Gasteiger partial charge in [0.1, 0.15) is 0 Å². The molecular formula is C18H36N4O2. The number of hydrogen-bond acceptors (Lipinski definition) is 5. The van der Waals surface area contributed by atoms with Crippen LogP contribution in [0.3, 0.4) is 0 Å². The first kappa shape index (κ1) is 19.6. The van der Waals surface area contributed by atoms with Gasteiger partial charge in [-0.2, -0.15) is 0 Å². The number of nitrogens with zero attached hydrogens (tertiary/aromatic N) is 3. The Kier molecular flexibility index (Phi) is 6.65. The third-order valence-electron chi connectivity index (χ3n) is 5.25. The molecule has 2 fully saturated rings. The fourth-order valence-electron chi connectivity index (χ4n) is 3.33. The maximum absolute atomic E-state index is 12.5. The van der Waals surface area contributed by atoms with Crippen LogP contribution in [0.5, 0.6) is 0 Å². The zero-order chi connectivity index (χ0) is 17.9. The molecule has 6 nitrogen and oxygen atoms in total. The Balaban J connectivity index is 1.78. The molecule has 0 saturated carbocycles. The Morgan fingerprint density at radius 2 is 1.79 bits per heavy atom. The molecule has 1 unspecified atom stereocenters. The van der Waals surface area contributed by atoms with Crippen LogP contribution in [0.15, 0.2) is 0 Å². The highest BCUT2D eigenvalue weighted by molar-refractivity contribution is 5.82. The van der Waals surface area contributed by atoms with Gasteiger partial charge in [-0.15, -0.1) is 0 Å². The minimum Gasteiger partial charge on any atom is -0.374 e. The van der Waals surface area contributed by atoms with Crippen molar-refractivity contribution >= 4 is 5.91 Å². The average molecular weight is 341 g/mol. The van der Waals surface area contributed by atoms with Crippen molar-refractivity contribution in [2.45, 2.75) is 52.8 Å². The Bertz CT molecular complexity index is 414. The molecule has 0 bridgehead atoms. The molecule has 2 aliphatic rings. The molecule has 1 amide bonds. The third-order valence-corrected chi connectivity index (χ3v) is 5.25. The number of ether oxygens (including phenoxy) is 1. The van der Waals surface area contributed by atoms with Crippen LogP contribution in [0.4, 0.5) is 0 Å². The number of rotatable bonds is 4. The van der Waals surface area contributed by atoms with Crippen LogP contribution in [-0.2, 0) is 9.53 Å². The van der Waals surface area contributed by atoms with Crippen LogP contribution >= 0.6 is 0 Å². The first-order chi connectivity index (χ1) is 11.2. The second-order valence-corrected chi connectivity index (χ2v) is 8.55. The van der Waals surface area contributed by atoms with Gasteiger partial charge in [0.15, 0.2) is 0 Å². The molecule has 0 aromatic heterocycles. The van der Waals surface area contributed by atoms with Crippen molar-refractivity contribution in [3.05, 3.63) is 0 Å². The van der Waals surface area contributed by atoms with Crippen molar-refractivity contribution in [1.29, 1.82) is 0 Å². The maximum Gasteiger partial charge on any atom is 0.240 e. The van der Waals surface area contributed by atoms with Crippen molar-refractivity contribution in [3.8, 4) is 0 Å². The summed E-state index contributed by atoms with van der Waals surface area (Å²) in [5.41, 5.74) is 5.93. The highest BCUT2D eigenvalue weighted by Gasteiger charge is 2.33. The summed E-state index contributed by atoms with van der Waals surface area (Å²) in [4.78, 5) is 19.3. The molecule has 2 N–H and O–H groups in total. The lowest BCUT2D eigenvalue weighted by Crippen LogP contribution is -2.57. The molecule has 140 valence electrons. The van der Waals surface area contributed by atoms with Gasteiger partial charge in [-0.3, -0.25) is 14.6 Å². The molecule has 24 heavy (non-hydrogen) atoms. The van der Waals surface area contributed by atoms with E-state index in [1.54, 1.807) is 0 Å². The SMILES string of the molecule is CC(C)N1CCOC(CN2CCN(C(=O)[C@@H](N)C(C)(C)C)CC2)C1. The molecule has 2 atom stereocenters. The van der Waals surface area contributed by atoms with Crippen LogP contribution in [-0.4, -0.2) is 91.2 Å². The Morgan fingerprint density at radius 1 is 1.17 bits per heavy atom. The van der Waals surface area contributed by atoms with Gasteiger partial charge in [0.2, 0.25) is 5.91 Å². The monoisotopic (exact) mass is 340 g/mol. The van der Waals surface area contributed by atoms with Crippen molar-refractivity contribution in [3.63, 3.8) is 0 Å². The molecular weight excluding hydrogens is 304 g/mol. The fraction of sp³-hybridized carbons (Fsp3) is 0.944. The van der Waals surface area contributed by atoms with Gasteiger partial charge in [0, 0.05) is 51.9 Å². The summed E-state index contributed by atoms with van der Waals surface area (Å²) in [7, 11) is 0. The van der Waals surface area contributed by atoms with Crippen molar-refractivity contribution in [1.82, 2.24) is 14.7 Å². The second kappa shape index (κ2) is 8.13. The lowest BCUT2D eigenvalue weighted by atomic mass is 9.86. The molecule has 0 aromatic carbocycles. The standard InChI is InChI=1S/C18H36N4O2/c1-14(2)22-10-11-24-15(13-22)12-20-6-8-21(9-7-20)17(23)16(19)18(3,4)5/h14-16H,6-13,19H2,1-5H3/t15?,16-/m1/s1. The molecule has 2 aliphatic heterocycles. The number of amides is 1. The molecule has 6 heteroatoms. The highest BCUT2D eigenvalue weighted by Crippen LogP contribution is 2.20. The van der Waals surface area contributed by atoms with E-state index in [2.05, 4.69) is 23.6 Å². The van der Waals surface area contributed by atoms with Gasteiger partial charge in [-0.05, 0) is 19.3 Å². The normalized spacial score (nSPS) is 26.0. The highest BCUT2D eigenvalue weighted by atomic mass is 16.5. The zero-order valence-corrected chi connectivity index (χ0v) is 16.1. The van der Waals surface area contributed by atoms with Gasteiger partial charge in [-0.25, -0.2) is 0 Å². The zero-order valence-electron chi connectivity index (χ0n) is 16.1. The molecule has 0 radical (unpaired) electrons. The van der Waals surface area contributed by atoms with Crippen LogP contribution in [0.25, 0.3) is 0 Å². The van der Waals surface area contributed by atoms with Crippen molar-refractivity contribution in [2.75, 3.05) is 52.4 Å². The maximum atomic E-state index is 12.5. The minimum absolute atomic E-state index is 0.0852. The number of piperazine rings is 1. The van der Waals surface area contributed by atoms with Gasteiger partial charge in [-0.1, -0.05) is 20.8 Å². The minimum atomic E-state index is -0.426. The predicted octanol–water partition coefficient (Wildman–Crippen LogP) is 0.613. The van der Waals surface area contributed by atoms with Crippen LogP contribution in [0.2, 0.25) is 0 Å². The second-order valence-electron chi connectivity index (χ2n) is 8.55. The van der Waals surface area contributed by atoms with Crippen LogP contribution in [0.1, 0.15) is 34.6 Å². The summed E-state index contributed by atoms with van der Waals surface area (Å²) in [6.45, 7) is 17.7. The van der Waals surface area contributed by atoms with E-state index in [-0.39, 0.29) is 17.4 Å². The van der Waals surface area contributed by atoms with E-state index in [9.17, 15) is 4.79 Å². The summed E-state index contributed by atoms with van der Waals surface area (Å²) in [5, 5.41) is 0. The van der Waals surface area contributed by atoms with E-state index in [4.69, 9.17) is 10.5 Å². The van der Waals surface area contributed by atoms with E-state index in [1.165, 1.54) is 0 Å². The third kappa shape index (κ3) is 5.15. The molecule has 2 saturated heterocycles. The Morgan fingerprint density at radius 3 is 2.33 bits per heavy atom. The largest absolute Gasteiger partial charge is 0.374 e. The smallest absolute Gasteiger partial charge is 0.240 e. The molecule has 0 aromatic rings. The fourth-order valence-corrected chi connectivity index (χ4v) is 3.33. The van der Waals surface area contributed by atoms with Gasteiger partial charge >= 0.3 is 0 Å². The van der Waals surface area contributed by atoms with E-state index >= 15 is 0 Å². The van der Waals surface area contributed by atoms with E-state index in [0.717, 1.165) is 52.4 Å². The first-order valence-corrected chi connectivity index (χ1v) is 9.31. The number of nitrogens with two attached hydrogens (primary N) is 1. The van der Waals surface area contributed by atoms with Gasteiger partial charge in [0.05, 0.1) is 18.8 Å². The number of hydrogen-bond donors (Lipinski definition) is 1. The molecule has 0 spiro atoms. The lowest BCUT2D eigenvalue weighted by Gasteiger charge is -2.41. The number of morpholine rings is 1. The van der Waals surface area contributed by atoms with Crippen LogP contribution in [0, 0.1) is 5.41 Å². The van der Waals surface area contributed by atoms with Crippen LogP contribution < -0.4 is 5.73 Å². The van der Waals surface area contributed by atoms with Gasteiger partial charge < -0.3 is 15.4 Å². The summed E-state index contributed by atoms with van der Waals surface area (Å²) in [6.07, 6.45) is 0.278. The van der Waals surface area contributed by atoms with E-state index in [0.29, 0.717) is 6.04 Å². The quantitative estimate of drug-likeness (QED) is 0.813. The van der Waals surface area contributed by atoms with Gasteiger partial charge in [0.25, 0.3) is 0 Å². The average Bonchev–Trinajstić information content (AvgIpc) is 2.53. The van der Waals surface area contributed by atoms with E-state index in [1.807, 2.05) is 25.7 Å². The summed E-state index contributed by atoms with van der Waals surface area (Å²) < 4.78 is 5.93. The Hall–Kier alpha value is -0.690. The Labute approximate surface area is 147 Å². The van der Waals surface area contributed by atoms with Crippen molar-refractivity contribution < 1.29 is 9.53 Å². The lowest BCUT2D eigenvalue weighted by molar-refractivity contribution is -0.137. The first-order valence-electron chi connectivity index (χ1n) is 9.31. The number of carbonyl (C=O) groups excluding carboxylic acids is 1. The van der Waals surface area contributed by atoms with Crippen molar-refractivity contribution in [2.24, 2.45) is 11.1 Å². The molecule has 2 rings (SSSR count). The topological polar surface area (TPSA) is 62.0 Å². The predicted molar refractivity (Wildman–Crippen MR) is 96.9 cm³/mol. The summed E-state index contributed by atoms with van der Waals surface area (Å²) in [5.74, 6) is 0.0852. The summed E-state index contributed by atoms with van der Waals surface area (Å²) >= 11 is 0. The molecule has 2 heterocycles. The summed E-state index contributed by atoms with van der Waals surface area (Å²) in [6, 6.07) is 0.148. The van der Waals surface area contributed by atoms with E-state index < -0.39 is 6.04 Å². The molecule has 0 aliphatic carbocycles.